The molecule has 0 atom stereocenters. The van der Waals surface area contributed by atoms with Gasteiger partial charge in [0.25, 0.3) is 0 Å². The van der Waals surface area contributed by atoms with E-state index in [-0.39, 0.29) is 5.82 Å². The quantitative estimate of drug-likeness (QED) is 0.743. The number of rotatable bonds is 2. The molecule has 0 radical (unpaired) electrons. The van der Waals surface area contributed by atoms with Crippen molar-refractivity contribution in [1.29, 1.82) is 0 Å². The van der Waals surface area contributed by atoms with Gasteiger partial charge in [0.1, 0.15) is 5.82 Å². The molecule has 0 amide bonds. The van der Waals surface area contributed by atoms with Crippen LogP contribution in [0.4, 0.5) is 15.8 Å². The van der Waals surface area contributed by atoms with Crippen LogP contribution in [0.15, 0.2) is 54.9 Å². The molecule has 88 valence electrons. The van der Waals surface area contributed by atoms with E-state index in [1.54, 1.807) is 24.5 Å². The van der Waals surface area contributed by atoms with Crippen molar-refractivity contribution in [3.63, 3.8) is 0 Å². The Kier molecular flexibility index (Phi) is 2.61. The minimum Gasteiger partial charge on any atom is -0.355 e. The van der Waals surface area contributed by atoms with Crippen molar-refractivity contribution >= 4 is 22.4 Å². The predicted octanol–water partition coefficient (Wildman–Crippen LogP) is 3.51. The average molecular weight is 239 g/mol. The number of aromatic nitrogens is 2. The Morgan fingerprint density at radius 3 is 2.22 bits per heavy atom. The van der Waals surface area contributed by atoms with E-state index in [0.717, 1.165) is 22.4 Å². The topological polar surface area (TPSA) is 37.8 Å². The number of benzene rings is 2. The highest BCUT2D eigenvalue weighted by molar-refractivity contribution is 5.79. The Balaban J connectivity index is 1.92. The van der Waals surface area contributed by atoms with Gasteiger partial charge in [0.2, 0.25) is 0 Å². The van der Waals surface area contributed by atoms with Crippen LogP contribution in [0.3, 0.4) is 0 Å². The molecule has 0 aliphatic carbocycles. The molecule has 1 heterocycles. The number of hydrogen-bond donors (Lipinski definition) is 1. The summed E-state index contributed by atoms with van der Waals surface area (Å²) in [6.45, 7) is 0. The molecule has 0 saturated carbocycles. The van der Waals surface area contributed by atoms with Crippen LogP contribution in [0, 0.1) is 5.82 Å². The fraction of sp³-hybridized carbons (Fsp3) is 0. The van der Waals surface area contributed by atoms with Crippen molar-refractivity contribution in [1.82, 2.24) is 9.97 Å². The second-order valence-corrected chi connectivity index (χ2v) is 3.89. The fourth-order valence-electron chi connectivity index (χ4n) is 1.74. The zero-order valence-electron chi connectivity index (χ0n) is 9.47. The summed E-state index contributed by atoms with van der Waals surface area (Å²) < 4.78 is 12.8. The summed E-state index contributed by atoms with van der Waals surface area (Å²) in [7, 11) is 0. The maximum atomic E-state index is 12.8. The van der Waals surface area contributed by atoms with Crippen LogP contribution in [0.5, 0.6) is 0 Å². The molecule has 2 aromatic carbocycles. The summed E-state index contributed by atoms with van der Waals surface area (Å²) in [6, 6.07) is 11.9. The molecular formula is C14H10FN3. The molecule has 0 fully saturated rings. The lowest BCUT2D eigenvalue weighted by Gasteiger charge is -2.06. The smallest absolute Gasteiger partial charge is 0.123 e. The number of nitrogens with zero attached hydrogens (tertiary/aromatic N) is 2. The highest BCUT2D eigenvalue weighted by Gasteiger charge is 1.99. The maximum absolute atomic E-state index is 12.8. The number of halogens is 1. The highest BCUT2D eigenvalue weighted by Crippen LogP contribution is 2.20. The molecule has 4 heteroatoms. The van der Waals surface area contributed by atoms with Gasteiger partial charge in [-0.15, -0.1) is 0 Å². The van der Waals surface area contributed by atoms with E-state index in [0.29, 0.717) is 0 Å². The molecule has 0 unspecified atom stereocenters. The standard InChI is InChI=1S/C14H10FN3/c15-10-1-3-11(4-2-10)18-12-5-6-13-14(9-12)17-8-7-16-13/h1-9,18H. The Labute approximate surface area is 103 Å². The Morgan fingerprint density at radius 2 is 1.44 bits per heavy atom. The fourth-order valence-corrected chi connectivity index (χ4v) is 1.74. The lowest BCUT2D eigenvalue weighted by atomic mass is 10.2. The normalized spacial score (nSPS) is 10.5. The molecule has 0 aliphatic heterocycles. The van der Waals surface area contributed by atoms with E-state index in [4.69, 9.17) is 0 Å². The molecule has 0 saturated heterocycles. The van der Waals surface area contributed by atoms with Crippen molar-refractivity contribution in [3.05, 3.63) is 60.7 Å². The molecule has 1 aromatic heterocycles. The second-order valence-electron chi connectivity index (χ2n) is 3.89. The summed E-state index contributed by atoms with van der Waals surface area (Å²) in [5, 5.41) is 3.19. The largest absolute Gasteiger partial charge is 0.355 e. The zero-order valence-corrected chi connectivity index (χ0v) is 9.47. The van der Waals surface area contributed by atoms with Crippen molar-refractivity contribution < 1.29 is 4.39 Å². The Morgan fingerprint density at radius 1 is 0.778 bits per heavy atom. The number of fused-ring (bicyclic) bond motifs is 1. The van der Waals surface area contributed by atoms with Crippen molar-refractivity contribution in [3.8, 4) is 0 Å². The maximum Gasteiger partial charge on any atom is 0.123 e. The second kappa shape index (κ2) is 4.41. The SMILES string of the molecule is Fc1ccc(Nc2ccc3nccnc3c2)cc1. The third-order valence-corrected chi connectivity index (χ3v) is 2.60. The summed E-state index contributed by atoms with van der Waals surface area (Å²) in [5.74, 6) is -0.245. The molecule has 3 aromatic rings. The zero-order chi connectivity index (χ0) is 12.4. The highest BCUT2D eigenvalue weighted by atomic mass is 19.1. The van der Waals surface area contributed by atoms with Crippen LogP contribution in [0.1, 0.15) is 0 Å². The van der Waals surface area contributed by atoms with Gasteiger partial charge in [-0.3, -0.25) is 9.97 Å². The van der Waals surface area contributed by atoms with Gasteiger partial charge in [-0.05, 0) is 42.5 Å². The van der Waals surface area contributed by atoms with E-state index < -0.39 is 0 Å². The van der Waals surface area contributed by atoms with Gasteiger partial charge >= 0.3 is 0 Å². The van der Waals surface area contributed by atoms with Gasteiger partial charge in [-0.2, -0.15) is 0 Å². The monoisotopic (exact) mass is 239 g/mol. The Hall–Kier alpha value is -2.49. The van der Waals surface area contributed by atoms with Gasteiger partial charge in [0.15, 0.2) is 0 Å². The first kappa shape index (κ1) is 10.7. The molecule has 1 N–H and O–H groups in total. The van der Waals surface area contributed by atoms with Crippen molar-refractivity contribution in [2.24, 2.45) is 0 Å². The van der Waals surface area contributed by atoms with Crippen molar-refractivity contribution in [2.45, 2.75) is 0 Å². The third kappa shape index (κ3) is 2.13. The third-order valence-electron chi connectivity index (χ3n) is 2.60. The van der Waals surface area contributed by atoms with E-state index >= 15 is 0 Å². The van der Waals surface area contributed by atoms with Crippen LogP contribution in [-0.2, 0) is 0 Å². The average Bonchev–Trinajstić information content (AvgIpc) is 2.41. The predicted molar refractivity (Wildman–Crippen MR) is 69.2 cm³/mol. The summed E-state index contributed by atoms with van der Waals surface area (Å²) in [5.41, 5.74) is 3.40. The van der Waals surface area contributed by atoms with Crippen LogP contribution < -0.4 is 5.32 Å². The lowest BCUT2D eigenvalue weighted by molar-refractivity contribution is 0.628. The molecule has 3 nitrogen and oxygen atoms in total. The molecule has 0 spiro atoms. The molecule has 18 heavy (non-hydrogen) atoms. The van der Waals surface area contributed by atoms with Crippen LogP contribution >= 0.6 is 0 Å². The van der Waals surface area contributed by atoms with Crippen molar-refractivity contribution in [2.75, 3.05) is 5.32 Å². The van der Waals surface area contributed by atoms with Crippen LogP contribution in [-0.4, -0.2) is 9.97 Å². The first-order chi connectivity index (χ1) is 8.81. The first-order valence-electron chi connectivity index (χ1n) is 5.55. The summed E-state index contributed by atoms with van der Waals surface area (Å²) >= 11 is 0. The molecular weight excluding hydrogens is 229 g/mol. The first-order valence-corrected chi connectivity index (χ1v) is 5.55. The molecule has 0 bridgehead atoms. The molecule has 0 aliphatic rings. The van der Waals surface area contributed by atoms with E-state index in [1.165, 1.54) is 12.1 Å². The lowest BCUT2D eigenvalue weighted by Crippen LogP contribution is -1.91. The van der Waals surface area contributed by atoms with Gasteiger partial charge in [-0.25, -0.2) is 4.39 Å². The summed E-state index contributed by atoms with van der Waals surface area (Å²) in [6.07, 6.45) is 3.32. The Bertz CT molecular complexity index is 680. The summed E-state index contributed by atoms with van der Waals surface area (Å²) in [4.78, 5) is 8.44. The van der Waals surface area contributed by atoms with Crippen LogP contribution in [0.2, 0.25) is 0 Å². The van der Waals surface area contributed by atoms with Gasteiger partial charge in [0.05, 0.1) is 11.0 Å². The van der Waals surface area contributed by atoms with Gasteiger partial charge in [-0.1, -0.05) is 0 Å². The van der Waals surface area contributed by atoms with E-state index in [2.05, 4.69) is 15.3 Å². The minimum absolute atomic E-state index is 0.245. The van der Waals surface area contributed by atoms with E-state index in [9.17, 15) is 4.39 Å². The number of hydrogen-bond acceptors (Lipinski definition) is 3. The van der Waals surface area contributed by atoms with Gasteiger partial charge < -0.3 is 5.32 Å². The van der Waals surface area contributed by atoms with Crippen LogP contribution in [0.25, 0.3) is 11.0 Å². The molecule has 3 rings (SSSR count). The number of nitrogens with one attached hydrogen (secondary N) is 1. The number of anilines is 2. The van der Waals surface area contributed by atoms with Gasteiger partial charge in [0, 0.05) is 23.8 Å². The minimum atomic E-state index is -0.245. The van der Waals surface area contributed by atoms with E-state index in [1.807, 2.05) is 18.2 Å².